The van der Waals surface area contributed by atoms with Crippen LogP contribution in [0.1, 0.15) is 25.3 Å². The highest BCUT2D eigenvalue weighted by Gasteiger charge is 2.30. The summed E-state index contributed by atoms with van der Waals surface area (Å²) in [5.41, 5.74) is 1.07. The van der Waals surface area contributed by atoms with Crippen molar-refractivity contribution in [2.75, 3.05) is 19.8 Å². The molecule has 2 heterocycles. The zero-order valence-electron chi connectivity index (χ0n) is 12.2. The predicted octanol–water partition coefficient (Wildman–Crippen LogP) is 2.14. The average molecular weight is 291 g/mol. The molecule has 0 aliphatic carbocycles. The molecule has 1 aromatic rings. The normalized spacial score (nSPS) is 25.6. The molecule has 0 saturated carbocycles. The van der Waals surface area contributed by atoms with Crippen molar-refractivity contribution < 1.29 is 19.4 Å². The molecule has 0 radical (unpaired) electrons. The van der Waals surface area contributed by atoms with Crippen LogP contribution in [-0.2, 0) is 11.3 Å². The number of fused-ring (bicyclic) bond motifs is 1. The standard InChI is InChI=1S/C16H21NO4/c1-11-5-6-13(16(18)19)10-17(11)9-12-3-2-4-14-15(12)21-8-7-20-14/h2-4,11,13H,5-10H2,1H3,(H,18,19). The van der Waals surface area contributed by atoms with Gasteiger partial charge < -0.3 is 14.6 Å². The Morgan fingerprint density at radius 1 is 1.33 bits per heavy atom. The van der Waals surface area contributed by atoms with Gasteiger partial charge in [0.05, 0.1) is 5.92 Å². The lowest BCUT2D eigenvalue weighted by molar-refractivity contribution is -0.144. The molecule has 5 nitrogen and oxygen atoms in total. The van der Waals surface area contributed by atoms with E-state index in [4.69, 9.17) is 9.47 Å². The molecule has 1 aromatic carbocycles. The lowest BCUT2D eigenvalue weighted by Gasteiger charge is -2.37. The van der Waals surface area contributed by atoms with Crippen LogP contribution in [-0.4, -0.2) is 41.8 Å². The van der Waals surface area contributed by atoms with Crippen LogP contribution in [0, 0.1) is 5.92 Å². The van der Waals surface area contributed by atoms with Crippen molar-refractivity contribution in [1.29, 1.82) is 0 Å². The Labute approximate surface area is 124 Å². The summed E-state index contributed by atoms with van der Waals surface area (Å²) in [5.74, 6) is 0.645. The first-order valence-corrected chi connectivity index (χ1v) is 7.49. The van der Waals surface area contributed by atoms with Gasteiger partial charge in [-0.25, -0.2) is 0 Å². The van der Waals surface area contributed by atoms with Gasteiger partial charge in [-0.1, -0.05) is 12.1 Å². The highest BCUT2D eigenvalue weighted by molar-refractivity contribution is 5.70. The van der Waals surface area contributed by atoms with Crippen molar-refractivity contribution in [2.45, 2.75) is 32.4 Å². The summed E-state index contributed by atoms with van der Waals surface area (Å²) >= 11 is 0. The van der Waals surface area contributed by atoms with E-state index in [1.54, 1.807) is 0 Å². The van der Waals surface area contributed by atoms with Gasteiger partial charge in [-0.05, 0) is 25.8 Å². The lowest BCUT2D eigenvalue weighted by atomic mass is 9.93. The number of benzene rings is 1. The molecule has 114 valence electrons. The van der Waals surface area contributed by atoms with Gasteiger partial charge in [0.1, 0.15) is 13.2 Å². The molecule has 0 amide bonds. The Kier molecular flexibility index (Phi) is 4.01. The van der Waals surface area contributed by atoms with Crippen LogP contribution in [0.4, 0.5) is 0 Å². The maximum atomic E-state index is 11.2. The van der Waals surface area contributed by atoms with Gasteiger partial charge >= 0.3 is 5.97 Å². The number of likely N-dealkylation sites (tertiary alicyclic amines) is 1. The van der Waals surface area contributed by atoms with Crippen LogP contribution in [0.5, 0.6) is 11.5 Å². The number of ether oxygens (including phenoxy) is 2. The quantitative estimate of drug-likeness (QED) is 0.924. The van der Waals surface area contributed by atoms with Crippen LogP contribution >= 0.6 is 0 Å². The first-order chi connectivity index (χ1) is 10.1. The zero-order chi connectivity index (χ0) is 14.8. The molecular weight excluding hydrogens is 270 g/mol. The largest absolute Gasteiger partial charge is 0.486 e. The number of aliphatic carboxylic acids is 1. The van der Waals surface area contributed by atoms with Gasteiger partial charge in [0, 0.05) is 24.7 Å². The Bertz CT molecular complexity index is 531. The van der Waals surface area contributed by atoms with Crippen LogP contribution < -0.4 is 9.47 Å². The third-order valence-corrected chi connectivity index (χ3v) is 4.38. The van der Waals surface area contributed by atoms with Crippen molar-refractivity contribution >= 4 is 5.97 Å². The summed E-state index contributed by atoms with van der Waals surface area (Å²) in [6.07, 6.45) is 1.68. The summed E-state index contributed by atoms with van der Waals surface area (Å²) < 4.78 is 11.3. The third kappa shape index (κ3) is 2.97. The molecule has 2 aliphatic heterocycles. The van der Waals surface area contributed by atoms with Crippen molar-refractivity contribution in [3.05, 3.63) is 23.8 Å². The van der Waals surface area contributed by atoms with E-state index in [0.29, 0.717) is 32.3 Å². The molecule has 3 rings (SSSR count). The molecule has 0 bridgehead atoms. The van der Waals surface area contributed by atoms with Gasteiger partial charge in [0.2, 0.25) is 0 Å². The fraction of sp³-hybridized carbons (Fsp3) is 0.562. The third-order valence-electron chi connectivity index (χ3n) is 4.38. The number of carboxylic acids is 1. The van der Waals surface area contributed by atoms with Crippen LogP contribution in [0.25, 0.3) is 0 Å². The number of piperidine rings is 1. The van der Waals surface area contributed by atoms with E-state index in [2.05, 4.69) is 11.8 Å². The van der Waals surface area contributed by atoms with Crippen LogP contribution in [0.3, 0.4) is 0 Å². The van der Waals surface area contributed by atoms with Crippen LogP contribution in [0.15, 0.2) is 18.2 Å². The number of carbonyl (C=O) groups is 1. The van der Waals surface area contributed by atoms with Crippen LogP contribution in [0.2, 0.25) is 0 Å². The average Bonchev–Trinajstić information content (AvgIpc) is 2.49. The molecule has 1 N–H and O–H groups in total. The van der Waals surface area contributed by atoms with E-state index in [1.165, 1.54) is 0 Å². The van der Waals surface area contributed by atoms with Gasteiger partial charge in [0.25, 0.3) is 0 Å². The zero-order valence-corrected chi connectivity index (χ0v) is 12.2. The molecule has 5 heteroatoms. The number of hydrogen-bond acceptors (Lipinski definition) is 4. The molecule has 2 aliphatic rings. The monoisotopic (exact) mass is 291 g/mol. The predicted molar refractivity (Wildman–Crippen MR) is 77.7 cm³/mol. The van der Waals surface area contributed by atoms with Crippen molar-refractivity contribution in [3.8, 4) is 11.5 Å². The number of carboxylic acid groups (broad SMARTS) is 1. The fourth-order valence-electron chi connectivity index (χ4n) is 3.08. The minimum atomic E-state index is -0.693. The molecular formula is C16H21NO4. The van der Waals surface area contributed by atoms with E-state index >= 15 is 0 Å². The Morgan fingerprint density at radius 3 is 2.95 bits per heavy atom. The second kappa shape index (κ2) is 5.93. The van der Waals surface area contributed by atoms with Gasteiger partial charge in [-0.3, -0.25) is 9.69 Å². The second-order valence-corrected chi connectivity index (χ2v) is 5.83. The first kappa shape index (κ1) is 14.2. The van der Waals surface area contributed by atoms with E-state index in [-0.39, 0.29) is 5.92 Å². The lowest BCUT2D eigenvalue weighted by Crippen LogP contribution is -2.43. The fourth-order valence-corrected chi connectivity index (χ4v) is 3.08. The molecule has 2 unspecified atom stereocenters. The summed E-state index contributed by atoms with van der Waals surface area (Å²) in [6, 6.07) is 6.30. The topological polar surface area (TPSA) is 59.0 Å². The van der Waals surface area contributed by atoms with E-state index in [9.17, 15) is 9.90 Å². The van der Waals surface area contributed by atoms with E-state index in [0.717, 1.165) is 29.9 Å². The summed E-state index contributed by atoms with van der Waals surface area (Å²) in [7, 11) is 0. The van der Waals surface area contributed by atoms with Crippen molar-refractivity contribution in [2.24, 2.45) is 5.92 Å². The van der Waals surface area contributed by atoms with Crippen molar-refractivity contribution in [1.82, 2.24) is 4.90 Å². The second-order valence-electron chi connectivity index (χ2n) is 5.83. The van der Waals surface area contributed by atoms with E-state index < -0.39 is 5.97 Å². The van der Waals surface area contributed by atoms with Gasteiger partial charge in [-0.15, -0.1) is 0 Å². The maximum Gasteiger partial charge on any atom is 0.307 e. The molecule has 0 aromatic heterocycles. The molecule has 21 heavy (non-hydrogen) atoms. The minimum Gasteiger partial charge on any atom is -0.486 e. The molecule has 1 fully saturated rings. The Morgan fingerprint density at radius 2 is 2.14 bits per heavy atom. The Balaban J connectivity index is 1.77. The number of hydrogen-bond donors (Lipinski definition) is 1. The van der Waals surface area contributed by atoms with Crippen molar-refractivity contribution in [3.63, 3.8) is 0 Å². The number of para-hydroxylation sites is 1. The summed E-state index contributed by atoms with van der Waals surface area (Å²) in [6.45, 7) is 4.61. The molecule has 0 spiro atoms. The number of rotatable bonds is 3. The smallest absolute Gasteiger partial charge is 0.307 e. The maximum absolute atomic E-state index is 11.2. The minimum absolute atomic E-state index is 0.266. The molecule has 2 atom stereocenters. The van der Waals surface area contributed by atoms with E-state index in [1.807, 2.05) is 18.2 Å². The highest BCUT2D eigenvalue weighted by atomic mass is 16.6. The highest BCUT2D eigenvalue weighted by Crippen LogP contribution is 2.35. The SMILES string of the molecule is CC1CCC(C(=O)O)CN1Cc1cccc2c1OCCO2. The summed E-state index contributed by atoms with van der Waals surface area (Å²) in [4.78, 5) is 13.5. The Hall–Kier alpha value is -1.75. The summed E-state index contributed by atoms with van der Waals surface area (Å²) in [5, 5.41) is 9.23. The molecule has 1 saturated heterocycles. The van der Waals surface area contributed by atoms with Gasteiger partial charge in [0.15, 0.2) is 11.5 Å². The number of nitrogens with zero attached hydrogens (tertiary/aromatic N) is 1. The first-order valence-electron chi connectivity index (χ1n) is 7.49. The van der Waals surface area contributed by atoms with Gasteiger partial charge in [-0.2, -0.15) is 0 Å².